The topological polar surface area (TPSA) is 78.7 Å². The van der Waals surface area contributed by atoms with Crippen molar-refractivity contribution in [3.05, 3.63) is 84.4 Å². The maximum absolute atomic E-state index is 11.3. The molecule has 2 N–H and O–H groups in total. The Kier molecular flexibility index (Phi) is 3.85. The summed E-state index contributed by atoms with van der Waals surface area (Å²) in [5.74, 6) is 0.355. The molecule has 0 aliphatic heterocycles. The quantitative estimate of drug-likeness (QED) is 0.618. The molecule has 2 heterocycles. The summed E-state index contributed by atoms with van der Waals surface area (Å²) in [7, 11) is 0. The molecule has 0 atom stereocenters. The van der Waals surface area contributed by atoms with Crippen LogP contribution in [0, 0.1) is 6.92 Å². The fourth-order valence-corrected chi connectivity index (χ4v) is 2.94. The van der Waals surface area contributed by atoms with E-state index in [2.05, 4.69) is 22.2 Å². The zero-order valence-corrected chi connectivity index (χ0v) is 14.2. The first kappa shape index (κ1) is 15.8. The number of carbonyl (C=O) groups is 1. The van der Waals surface area contributed by atoms with Crippen molar-refractivity contribution in [1.82, 2.24) is 19.3 Å². The van der Waals surface area contributed by atoms with Crippen LogP contribution in [0.4, 0.5) is 0 Å². The third-order valence-corrected chi connectivity index (χ3v) is 4.21. The molecule has 0 saturated heterocycles. The van der Waals surface area contributed by atoms with Gasteiger partial charge in [0.25, 0.3) is 0 Å². The highest BCUT2D eigenvalue weighted by molar-refractivity contribution is 5.92. The number of amides is 1. The first-order valence-electron chi connectivity index (χ1n) is 8.18. The predicted octanol–water partition coefficient (Wildman–Crippen LogP) is 3.13. The number of aromatic nitrogens is 4. The summed E-state index contributed by atoms with van der Waals surface area (Å²) < 4.78 is 3.80. The fourth-order valence-electron chi connectivity index (χ4n) is 2.94. The Hall–Kier alpha value is -3.67. The predicted molar refractivity (Wildman–Crippen MR) is 99.4 cm³/mol. The van der Waals surface area contributed by atoms with E-state index in [4.69, 9.17) is 5.73 Å². The maximum Gasteiger partial charge on any atom is 0.248 e. The van der Waals surface area contributed by atoms with Gasteiger partial charge in [-0.15, -0.1) is 0 Å². The number of imidazole rings is 1. The van der Waals surface area contributed by atoms with Crippen LogP contribution in [0.2, 0.25) is 0 Å². The van der Waals surface area contributed by atoms with Crippen molar-refractivity contribution in [1.29, 1.82) is 0 Å². The van der Waals surface area contributed by atoms with Gasteiger partial charge < -0.3 is 5.73 Å². The van der Waals surface area contributed by atoms with Gasteiger partial charge in [-0.1, -0.05) is 11.6 Å². The number of nitrogens with two attached hydrogens (primary N) is 1. The average Bonchev–Trinajstić information content (AvgIpc) is 3.33. The number of nitrogens with zero attached hydrogens (tertiary/aromatic N) is 4. The number of hydrogen-bond acceptors (Lipinski definition) is 3. The lowest BCUT2D eigenvalue weighted by Crippen LogP contribution is -2.10. The van der Waals surface area contributed by atoms with Gasteiger partial charge in [-0.25, -0.2) is 9.67 Å². The van der Waals surface area contributed by atoms with E-state index in [0.717, 1.165) is 28.3 Å². The molecule has 1 amide bonds. The minimum Gasteiger partial charge on any atom is -0.366 e. The molecule has 0 saturated carbocycles. The molecule has 6 heteroatoms. The number of hydrogen-bond donors (Lipinski definition) is 1. The SMILES string of the molecule is Cc1ccc(-n2cccn2)c(-c2nccn2-c2ccc(C(N)=O)cc2)c1. The lowest BCUT2D eigenvalue weighted by molar-refractivity contribution is 0.100. The number of benzene rings is 2. The summed E-state index contributed by atoms with van der Waals surface area (Å²) in [5, 5.41) is 4.35. The summed E-state index contributed by atoms with van der Waals surface area (Å²) >= 11 is 0. The Morgan fingerprint density at radius 1 is 1.04 bits per heavy atom. The van der Waals surface area contributed by atoms with Crippen LogP contribution in [0.1, 0.15) is 15.9 Å². The summed E-state index contributed by atoms with van der Waals surface area (Å²) in [6.45, 7) is 2.05. The fraction of sp³-hybridized carbons (Fsp3) is 0.0500. The highest BCUT2D eigenvalue weighted by atomic mass is 16.1. The molecule has 0 aliphatic carbocycles. The molecular weight excluding hydrogens is 326 g/mol. The van der Waals surface area contributed by atoms with Crippen molar-refractivity contribution < 1.29 is 4.79 Å². The van der Waals surface area contributed by atoms with Gasteiger partial charge >= 0.3 is 0 Å². The van der Waals surface area contributed by atoms with Crippen molar-refractivity contribution in [2.45, 2.75) is 6.92 Å². The zero-order valence-electron chi connectivity index (χ0n) is 14.2. The van der Waals surface area contributed by atoms with Crippen molar-refractivity contribution in [3.63, 3.8) is 0 Å². The molecule has 0 radical (unpaired) electrons. The molecule has 0 bridgehead atoms. The van der Waals surface area contributed by atoms with Crippen molar-refractivity contribution >= 4 is 5.91 Å². The van der Waals surface area contributed by atoms with Gasteiger partial charge in [0.1, 0.15) is 5.82 Å². The van der Waals surface area contributed by atoms with Crippen LogP contribution >= 0.6 is 0 Å². The molecule has 2 aromatic heterocycles. The van der Waals surface area contributed by atoms with Gasteiger partial charge in [-0.05, 0) is 49.4 Å². The Bertz CT molecular complexity index is 1060. The molecule has 6 nitrogen and oxygen atoms in total. The molecule has 4 aromatic rings. The van der Waals surface area contributed by atoms with Gasteiger partial charge in [0.05, 0.1) is 5.69 Å². The smallest absolute Gasteiger partial charge is 0.248 e. The Morgan fingerprint density at radius 3 is 2.54 bits per heavy atom. The maximum atomic E-state index is 11.3. The van der Waals surface area contributed by atoms with Crippen LogP contribution in [0.3, 0.4) is 0 Å². The number of carbonyl (C=O) groups excluding carboxylic acids is 1. The highest BCUT2D eigenvalue weighted by Gasteiger charge is 2.14. The molecule has 0 aliphatic rings. The van der Waals surface area contributed by atoms with Crippen molar-refractivity contribution in [2.75, 3.05) is 0 Å². The standard InChI is InChI=1S/C20H17N5O/c1-14-3-8-18(25-11-2-9-23-25)17(13-14)20-22-10-12-24(20)16-6-4-15(5-7-16)19(21)26/h2-13H,1H3,(H2,21,26). The van der Waals surface area contributed by atoms with Crippen LogP contribution < -0.4 is 5.73 Å². The normalized spacial score (nSPS) is 10.8. The summed E-state index contributed by atoms with van der Waals surface area (Å²) in [4.78, 5) is 15.9. The van der Waals surface area contributed by atoms with Gasteiger partial charge in [-0.3, -0.25) is 9.36 Å². The van der Waals surface area contributed by atoms with E-state index in [1.54, 1.807) is 24.5 Å². The zero-order chi connectivity index (χ0) is 18.1. The molecule has 0 fully saturated rings. The first-order chi connectivity index (χ1) is 12.6. The van der Waals surface area contributed by atoms with Crippen LogP contribution in [-0.4, -0.2) is 25.2 Å². The monoisotopic (exact) mass is 343 g/mol. The second-order valence-electron chi connectivity index (χ2n) is 6.00. The summed E-state index contributed by atoms with van der Waals surface area (Å²) in [6, 6.07) is 15.2. The Morgan fingerprint density at radius 2 is 1.85 bits per heavy atom. The second kappa shape index (κ2) is 6.33. The van der Waals surface area contributed by atoms with Gasteiger partial charge in [0.2, 0.25) is 5.91 Å². The van der Waals surface area contributed by atoms with Crippen LogP contribution in [0.5, 0.6) is 0 Å². The largest absolute Gasteiger partial charge is 0.366 e. The number of aryl methyl sites for hydroxylation is 1. The lowest BCUT2D eigenvalue weighted by atomic mass is 10.1. The van der Waals surface area contributed by atoms with Crippen LogP contribution in [0.15, 0.2) is 73.3 Å². The number of primary amides is 1. The highest BCUT2D eigenvalue weighted by Crippen LogP contribution is 2.28. The van der Waals surface area contributed by atoms with E-state index < -0.39 is 5.91 Å². The average molecular weight is 343 g/mol. The Balaban J connectivity index is 1.85. The van der Waals surface area contributed by atoms with E-state index >= 15 is 0 Å². The van der Waals surface area contributed by atoms with Gasteiger partial charge in [0.15, 0.2) is 0 Å². The van der Waals surface area contributed by atoms with Gasteiger partial charge in [0, 0.05) is 41.6 Å². The minimum atomic E-state index is -0.443. The number of rotatable bonds is 4. The lowest BCUT2D eigenvalue weighted by Gasteiger charge is -2.13. The Labute approximate surface area is 150 Å². The third-order valence-electron chi connectivity index (χ3n) is 4.21. The van der Waals surface area contributed by atoms with Gasteiger partial charge in [-0.2, -0.15) is 5.10 Å². The van der Waals surface area contributed by atoms with E-state index in [1.807, 2.05) is 52.8 Å². The molecule has 2 aromatic carbocycles. The summed E-state index contributed by atoms with van der Waals surface area (Å²) in [6.07, 6.45) is 7.30. The second-order valence-corrected chi connectivity index (χ2v) is 6.00. The molecular formula is C20H17N5O. The van der Waals surface area contributed by atoms with E-state index in [-0.39, 0.29) is 0 Å². The first-order valence-corrected chi connectivity index (χ1v) is 8.18. The van der Waals surface area contributed by atoms with Crippen molar-refractivity contribution in [3.8, 4) is 22.8 Å². The van der Waals surface area contributed by atoms with E-state index in [1.165, 1.54) is 0 Å². The third kappa shape index (κ3) is 2.77. The molecule has 26 heavy (non-hydrogen) atoms. The summed E-state index contributed by atoms with van der Waals surface area (Å²) in [5.41, 5.74) is 9.75. The van der Waals surface area contributed by atoms with E-state index in [9.17, 15) is 4.79 Å². The molecule has 0 spiro atoms. The van der Waals surface area contributed by atoms with E-state index in [0.29, 0.717) is 5.56 Å². The minimum absolute atomic E-state index is 0.443. The molecule has 128 valence electrons. The van der Waals surface area contributed by atoms with Crippen LogP contribution in [0.25, 0.3) is 22.8 Å². The van der Waals surface area contributed by atoms with Crippen molar-refractivity contribution in [2.24, 2.45) is 5.73 Å². The van der Waals surface area contributed by atoms with Crippen LogP contribution in [-0.2, 0) is 0 Å². The molecule has 4 rings (SSSR count). The molecule has 0 unspecified atom stereocenters.